The normalized spacial score (nSPS) is 14.8. The largest absolute Gasteiger partial charge is 0.497 e. The molecule has 0 amide bonds. The van der Waals surface area contributed by atoms with Crippen molar-refractivity contribution in [2.24, 2.45) is 0 Å². The van der Waals surface area contributed by atoms with Gasteiger partial charge in [0.1, 0.15) is 40.4 Å². The number of aromatic nitrogens is 7. The zero-order valence-corrected chi connectivity index (χ0v) is 32.2. The second-order valence-corrected chi connectivity index (χ2v) is 20.9. The van der Waals surface area contributed by atoms with E-state index in [0.29, 0.717) is 32.1 Å². The van der Waals surface area contributed by atoms with Crippen molar-refractivity contribution < 1.29 is 14.2 Å². The molecule has 0 N–H and O–H groups in total. The number of nitrogens with zero attached hydrogens (tertiary/aromatic N) is 9. The van der Waals surface area contributed by atoms with Gasteiger partial charge in [-0.15, -0.1) is 11.3 Å². The molecule has 0 bridgehead atoms. The van der Waals surface area contributed by atoms with Gasteiger partial charge in [0.05, 0.1) is 31.5 Å². The molecular weight excluding hydrogens is 679 g/mol. The minimum Gasteiger partial charge on any atom is -0.497 e. The van der Waals surface area contributed by atoms with Crippen molar-refractivity contribution in [3.05, 3.63) is 77.5 Å². The highest BCUT2D eigenvalue weighted by Crippen LogP contribution is 2.34. The number of piperazine rings is 1. The topological polar surface area (TPSA) is 108 Å². The van der Waals surface area contributed by atoms with Crippen LogP contribution in [0.25, 0.3) is 27.3 Å². The molecule has 1 unspecified atom stereocenters. The molecular formula is C37H47N9O3SSi. The Bertz CT molecular complexity index is 2070. The minimum absolute atomic E-state index is 0.123. The molecule has 0 saturated carbocycles. The molecule has 6 aromatic rings. The van der Waals surface area contributed by atoms with Gasteiger partial charge in [0, 0.05) is 64.8 Å². The van der Waals surface area contributed by atoms with Gasteiger partial charge in [-0.3, -0.25) is 0 Å². The summed E-state index contributed by atoms with van der Waals surface area (Å²) >= 11 is 1.59. The Morgan fingerprint density at radius 3 is 2.43 bits per heavy atom. The van der Waals surface area contributed by atoms with Crippen molar-refractivity contribution in [1.82, 2.24) is 39.0 Å². The molecule has 7 rings (SSSR count). The van der Waals surface area contributed by atoms with Crippen molar-refractivity contribution >= 4 is 42.0 Å². The van der Waals surface area contributed by atoms with Crippen LogP contribution in [0.2, 0.25) is 25.7 Å². The van der Waals surface area contributed by atoms with E-state index in [1.165, 1.54) is 0 Å². The van der Waals surface area contributed by atoms with E-state index >= 15 is 0 Å². The van der Waals surface area contributed by atoms with Crippen LogP contribution in [0, 0.1) is 0 Å². The smallest absolute Gasteiger partial charge is 0.229 e. The predicted octanol–water partition coefficient (Wildman–Crippen LogP) is 6.25. The SMILES string of the molecule is COc1ccc(CC(Cc2nc3cccc(OC)c3n2COCC[Si](C)(C)C)c2nc(N3CCN(C)CC3)nc3c(-c4nccs4)cnn23)cc1. The number of benzene rings is 2. The Morgan fingerprint density at radius 1 is 0.922 bits per heavy atom. The molecule has 1 saturated heterocycles. The number of fused-ring (bicyclic) bond motifs is 2. The highest BCUT2D eigenvalue weighted by atomic mass is 32.1. The number of anilines is 1. The maximum atomic E-state index is 6.38. The highest BCUT2D eigenvalue weighted by Gasteiger charge is 2.28. The Hall–Kier alpha value is -4.37. The first-order valence-corrected chi connectivity index (χ1v) is 22.1. The average molecular weight is 726 g/mol. The maximum Gasteiger partial charge on any atom is 0.229 e. The third-order valence-corrected chi connectivity index (χ3v) is 12.0. The zero-order valence-electron chi connectivity index (χ0n) is 30.4. The Labute approximate surface area is 304 Å². The van der Waals surface area contributed by atoms with Crippen LogP contribution in [-0.2, 0) is 24.3 Å². The summed E-state index contributed by atoms with van der Waals surface area (Å²) in [6, 6.07) is 15.4. The van der Waals surface area contributed by atoms with Gasteiger partial charge in [0.2, 0.25) is 5.95 Å². The lowest BCUT2D eigenvalue weighted by Gasteiger charge is -2.32. The fourth-order valence-electron chi connectivity index (χ4n) is 6.52. The van der Waals surface area contributed by atoms with Gasteiger partial charge < -0.3 is 28.6 Å². The molecule has 4 aromatic heterocycles. The van der Waals surface area contributed by atoms with Gasteiger partial charge in [-0.05, 0) is 49.3 Å². The number of rotatable bonds is 14. The standard InChI is InChI=1S/C37H47N9O3SSi/c1-43-15-17-44(18-16-43)37-41-34(46-35(42-37)29(24-39-46)36-38-14-20-50-36)27(22-26-10-12-28(47-2)13-11-26)23-32-40-30-8-7-9-31(48-3)33(30)45(32)25-49-19-21-51(4,5)6/h7-14,20,24,27H,15-19,21-23,25H2,1-6H3. The first kappa shape index (κ1) is 35.0. The number of methoxy groups -OCH3 is 2. The van der Waals surface area contributed by atoms with Crippen LogP contribution >= 0.6 is 11.3 Å². The first-order valence-electron chi connectivity index (χ1n) is 17.5. The number of hydrogen-bond donors (Lipinski definition) is 0. The van der Waals surface area contributed by atoms with E-state index in [1.54, 1.807) is 25.6 Å². The average Bonchev–Trinajstić information content (AvgIpc) is 3.89. The summed E-state index contributed by atoms with van der Waals surface area (Å²) < 4.78 is 21.8. The molecule has 1 aliphatic rings. The summed E-state index contributed by atoms with van der Waals surface area (Å²) in [5.41, 5.74) is 4.63. The Kier molecular flexibility index (Phi) is 10.4. The summed E-state index contributed by atoms with van der Waals surface area (Å²) in [7, 11) is 4.29. The quantitative estimate of drug-likeness (QED) is 0.0945. The zero-order chi connectivity index (χ0) is 35.5. The van der Waals surface area contributed by atoms with E-state index < -0.39 is 8.07 Å². The summed E-state index contributed by atoms with van der Waals surface area (Å²) in [5, 5.41) is 7.79. The summed E-state index contributed by atoms with van der Waals surface area (Å²) in [4.78, 5) is 25.0. The fourth-order valence-corrected chi connectivity index (χ4v) is 7.92. The van der Waals surface area contributed by atoms with Gasteiger partial charge in [0.15, 0.2) is 5.65 Å². The monoisotopic (exact) mass is 725 g/mol. The second-order valence-electron chi connectivity index (χ2n) is 14.4. The fraction of sp³-hybridized carbons (Fsp3) is 0.432. The molecule has 268 valence electrons. The molecule has 1 atom stereocenters. The molecule has 1 fully saturated rings. The van der Waals surface area contributed by atoms with Gasteiger partial charge in [-0.25, -0.2) is 9.97 Å². The van der Waals surface area contributed by atoms with Crippen molar-refractivity contribution in [1.29, 1.82) is 0 Å². The van der Waals surface area contributed by atoms with Crippen molar-refractivity contribution in [2.45, 2.75) is 51.2 Å². The van der Waals surface area contributed by atoms with E-state index in [0.717, 1.165) is 88.2 Å². The van der Waals surface area contributed by atoms with E-state index in [4.69, 9.17) is 34.3 Å². The second kappa shape index (κ2) is 15.1. The molecule has 0 spiro atoms. The van der Waals surface area contributed by atoms with Gasteiger partial charge in [0.25, 0.3) is 0 Å². The molecule has 14 heteroatoms. The third-order valence-electron chi connectivity index (χ3n) is 9.51. The number of likely N-dealkylation sites (N-methyl/N-ethyl adjacent to an activating group) is 1. The van der Waals surface area contributed by atoms with Crippen LogP contribution in [0.5, 0.6) is 11.5 Å². The lowest BCUT2D eigenvalue weighted by atomic mass is 9.94. The minimum atomic E-state index is -1.27. The number of para-hydroxylation sites is 1. The van der Waals surface area contributed by atoms with Crippen molar-refractivity contribution in [3.63, 3.8) is 0 Å². The summed E-state index contributed by atoms with van der Waals surface area (Å²) in [6.45, 7) is 11.8. The van der Waals surface area contributed by atoms with E-state index in [-0.39, 0.29) is 5.92 Å². The molecule has 51 heavy (non-hydrogen) atoms. The van der Waals surface area contributed by atoms with Crippen LogP contribution in [-0.4, -0.2) is 101 Å². The van der Waals surface area contributed by atoms with Crippen LogP contribution in [0.4, 0.5) is 5.95 Å². The molecule has 1 aliphatic heterocycles. The van der Waals surface area contributed by atoms with E-state index in [9.17, 15) is 0 Å². The molecule has 0 aliphatic carbocycles. The van der Waals surface area contributed by atoms with E-state index in [1.807, 2.05) is 52.6 Å². The van der Waals surface area contributed by atoms with Crippen LogP contribution in [0.1, 0.15) is 23.1 Å². The first-order chi connectivity index (χ1) is 24.7. The Morgan fingerprint density at radius 2 is 1.73 bits per heavy atom. The number of imidazole rings is 1. The predicted molar refractivity (Wildman–Crippen MR) is 205 cm³/mol. The van der Waals surface area contributed by atoms with Gasteiger partial charge in [-0.1, -0.05) is 37.8 Å². The van der Waals surface area contributed by atoms with E-state index in [2.05, 4.69) is 58.2 Å². The Balaban J connectivity index is 1.36. The molecule has 0 radical (unpaired) electrons. The summed E-state index contributed by atoms with van der Waals surface area (Å²) in [6.07, 6.45) is 4.98. The number of ether oxygens (including phenoxy) is 3. The molecule has 2 aromatic carbocycles. The molecule has 5 heterocycles. The van der Waals surface area contributed by atoms with Crippen LogP contribution in [0.15, 0.2) is 60.2 Å². The van der Waals surface area contributed by atoms with Gasteiger partial charge >= 0.3 is 0 Å². The lowest BCUT2D eigenvalue weighted by molar-refractivity contribution is 0.0874. The van der Waals surface area contributed by atoms with Crippen LogP contribution in [0.3, 0.4) is 0 Å². The molecule has 12 nitrogen and oxygen atoms in total. The lowest BCUT2D eigenvalue weighted by Crippen LogP contribution is -2.45. The number of thiazole rings is 1. The van der Waals surface area contributed by atoms with Crippen molar-refractivity contribution in [2.75, 3.05) is 59.0 Å². The number of hydrogen-bond acceptors (Lipinski definition) is 11. The summed E-state index contributed by atoms with van der Waals surface area (Å²) in [5.74, 6) is 3.92. The highest BCUT2D eigenvalue weighted by molar-refractivity contribution is 7.13. The van der Waals surface area contributed by atoms with Crippen molar-refractivity contribution in [3.8, 4) is 22.1 Å². The third kappa shape index (κ3) is 7.78. The van der Waals surface area contributed by atoms with Gasteiger partial charge in [-0.2, -0.15) is 19.6 Å². The maximum absolute atomic E-state index is 6.38. The van der Waals surface area contributed by atoms with Crippen LogP contribution < -0.4 is 14.4 Å².